The quantitative estimate of drug-likeness (QED) is 0.735. The van der Waals surface area contributed by atoms with Gasteiger partial charge in [-0.2, -0.15) is 0 Å². The Bertz CT molecular complexity index is 776. The minimum atomic E-state index is -0.133. The number of rotatable bonds is 2. The van der Waals surface area contributed by atoms with E-state index in [1.807, 2.05) is 48.5 Å². The first-order chi connectivity index (χ1) is 9.31. The van der Waals surface area contributed by atoms with Crippen LogP contribution in [0, 0.1) is 0 Å². The number of aromatic nitrogens is 1. The van der Waals surface area contributed by atoms with E-state index >= 15 is 0 Å². The van der Waals surface area contributed by atoms with Crippen LogP contribution in [0.4, 0.5) is 0 Å². The van der Waals surface area contributed by atoms with Crippen LogP contribution in [0.15, 0.2) is 59.4 Å². The zero-order chi connectivity index (χ0) is 13.2. The smallest absolute Gasteiger partial charge is 0.256 e. The minimum absolute atomic E-state index is 0.110. The third kappa shape index (κ3) is 1.94. The zero-order valence-electron chi connectivity index (χ0n) is 10.3. The third-order valence-electron chi connectivity index (χ3n) is 3.26. The molecule has 1 aromatic heterocycles. The number of aliphatic hydroxyl groups excluding tert-OH is 1. The zero-order valence-corrected chi connectivity index (χ0v) is 10.3. The van der Waals surface area contributed by atoms with Gasteiger partial charge in [0, 0.05) is 10.9 Å². The molecule has 0 fully saturated rings. The predicted molar refractivity (Wildman–Crippen MR) is 75.9 cm³/mol. The first-order valence-electron chi connectivity index (χ1n) is 6.11. The van der Waals surface area contributed by atoms with Crippen molar-refractivity contribution in [1.82, 2.24) is 4.98 Å². The molecule has 0 amide bonds. The van der Waals surface area contributed by atoms with Gasteiger partial charge in [-0.3, -0.25) is 4.79 Å². The Hall–Kier alpha value is -2.39. The standard InChI is InChI=1S/C16H13NO2/c18-10-14-12-8-4-5-9-13(12)16(19)17-15(14)11-6-2-1-3-7-11/h1-9,18H,10H2,(H,17,19). The Balaban J connectivity index is 2.41. The lowest BCUT2D eigenvalue weighted by molar-refractivity contribution is 0.283. The van der Waals surface area contributed by atoms with E-state index in [2.05, 4.69) is 4.98 Å². The molecule has 0 atom stereocenters. The van der Waals surface area contributed by atoms with Crippen LogP contribution in [0.3, 0.4) is 0 Å². The van der Waals surface area contributed by atoms with Gasteiger partial charge < -0.3 is 10.1 Å². The Kier molecular flexibility index (Phi) is 2.89. The summed E-state index contributed by atoms with van der Waals surface area (Å²) < 4.78 is 0. The maximum Gasteiger partial charge on any atom is 0.256 e. The number of H-pyrrole nitrogens is 1. The molecule has 94 valence electrons. The minimum Gasteiger partial charge on any atom is -0.392 e. The number of aliphatic hydroxyl groups is 1. The highest BCUT2D eigenvalue weighted by molar-refractivity contribution is 5.89. The first-order valence-corrected chi connectivity index (χ1v) is 6.11. The molecular weight excluding hydrogens is 238 g/mol. The molecule has 2 N–H and O–H groups in total. The molecule has 3 aromatic rings. The number of hydrogen-bond acceptors (Lipinski definition) is 2. The fraction of sp³-hybridized carbons (Fsp3) is 0.0625. The first kappa shape index (κ1) is 11.7. The molecule has 3 rings (SSSR count). The summed E-state index contributed by atoms with van der Waals surface area (Å²) in [7, 11) is 0. The van der Waals surface area contributed by atoms with Crippen LogP contribution >= 0.6 is 0 Å². The van der Waals surface area contributed by atoms with Gasteiger partial charge in [-0.1, -0.05) is 48.5 Å². The molecule has 3 nitrogen and oxygen atoms in total. The molecule has 0 saturated carbocycles. The summed E-state index contributed by atoms with van der Waals surface area (Å²) in [6.45, 7) is -0.110. The van der Waals surface area contributed by atoms with E-state index in [-0.39, 0.29) is 12.2 Å². The Morgan fingerprint density at radius 2 is 1.53 bits per heavy atom. The molecule has 3 heteroatoms. The molecule has 0 radical (unpaired) electrons. The molecule has 1 heterocycles. The van der Waals surface area contributed by atoms with Crippen LogP contribution in [-0.4, -0.2) is 10.1 Å². The molecule has 0 aliphatic carbocycles. The fourth-order valence-corrected chi connectivity index (χ4v) is 2.35. The molecular formula is C16H13NO2. The van der Waals surface area contributed by atoms with Crippen molar-refractivity contribution >= 4 is 10.8 Å². The largest absolute Gasteiger partial charge is 0.392 e. The van der Waals surface area contributed by atoms with Crippen LogP contribution in [-0.2, 0) is 6.61 Å². The average Bonchev–Trinajstić information content (AvgIpc) is 2.48. The number of hydrogen-bond donors (Lipinski definition) is 2. The number of aromatic amines is 1. The van der Waals surface area contributed by atoms with Gasteiger partial charge in [0.05, 0.1) is 12.3 Å². The van der Waals surface area contributed by atoms with Crippen molar-refractivity contribution in [3.8, 4) is 11.3 Å². The van der Waals surface area contributed by atoms with Crippen molar-refractivity contribution in [1.29, 1.82) is 0 Å². The molecule has 19 heavy (non-hydrogen) atoms. The van der Waals surface area contributed by atoms with Crippen molar-refractivity contribution in [3.63, 3.8) is 0 Å². The molecule has 0 aliphatic heterocycles. The fourth-order valence-electron chi connectivity index (χ4n) is 2.35. The van der Waals surface area contributed by atoms with Crippen LogP contribution in [0.2, 0.25) is 0 Å². The van der Waals surface area contributed by atoms with E-state index in [4.69, 9.17) is 0 Å². The lowest BCUT2D eigenvalue weighted by Gasteiger charge is -2.10. The van der Waals surface area contributed by atoms with Gasteiger partial charge in [-0.15, -0.1) is 0 Å². The van der Waals surface area contributed by atoms with Crippen LogP contribution in [0.5, 0.6) is 0 Å². The summed E-state index contributed by atoms with van der Waals surface area (Å²) in [5, 5.41) is 11.0. The van der Waals surface area contributed by atoms with Gasteiger partial charge in [0.25, 0.3) is 5.56 Å². The van der Waals surface area contributed by atoms with E-state index in [1.54, 1.807) is 6.07 Å². The van der Waals surface area contributed by atoms with Gasteiger partial charge in [0.15, 0.2) is 0 Å². The summed E-state index contributed by atoms with van der Waals surface area (Å²) >= 11 is 0. The van der Waals surface area contributed by atoms with Crippen molar-refractivity contribution < 1.29 is 5.11 Å². The number of nitrogens with one attached hydrogen (secondary N) is 1. The topological polar surface area (TPSA) is 53.1 Å². The second-order valence-electron chi connectivity index (χ2n) is 4.38. The van der Waals surface area contributed by atoms with Crippen LogP contribution < -0.4 is 5.56 Å². The Labute approximate surface area is 110 Å². The summed E-state index contributed by atoms with van der Waals surface area (Å²) in [6, 6.07) is 16.9. The number of benzene rings is 2. The van der Waals surface area contributed by atoms with Gasteiger partial charge in [0.2, 0.25) is 0 Å². The van der Waals surface area contributed by atoms with Crippen LogP contribution in [0.25, 0.3) is 22.0 Å². The van der Waals surface area contributed by atoms with E-state index < -0.39 is 0 Å². The van der Waals surface area contributed by atoms with Crippen molar-refractivity contribution in [3.05, 3.63) is 70.5 Å². The molecule has 0 unspecified atom stereocenters. The maximum absolute atomic E-state index is 12.1. The Morgan fingerprint density at radius 1 is 0.895 bits per heavy atom. The van der Waals surface area contributed by atoms with Gasteiger partial charge >= 0.3 is 0 Å². The summed E-state index contributed by atoms with van der Waals surface area (Å²) in [6.07, 6.45) is 0. The Morgan fingerprint density at radius 3 is 2.21 bits per heavy atom. The monoisotopic (exact) mass is 251 g/mol. The van der Waals surface area contributed by atoms with Gasteiger partial charge in [-0.05, 0) is 17.0 Å². The average molecular weight is 251 g/mol. The van der Waals surface area contributed by atoms with Gasteiger partial charge in [-0.25, -0.2) is 0 Å². The lowest BCUT2D eigenvalue weighted by Crippen LogP contribution is -2.10. The highest BCUT2D eigenvalue weighted by Gasteiger charge is 2.11. The normalized spacial score (nSPS) is 10.8. The highest BCUT2D eigenvalue weighted by atomic mass is 16.3. The maximum atomic E-state index is 12.1. The molecule has 0 bridgehead atoms. The van der Waals surface area contributed by atoms with Gasteiger partial charge in [0.1, 0.15) is 0 Å². The van der Waals surface area contributed by atoms with E-state index in [0.717, 1.165) is 16.5 Å². The molecule has 0 spiro atoms. The van der Waals surface area contributed by atoms with Crippen LogP contribution in [0.1, 0.15) is 5.56 Å². The van der Waals surface area contributed by atoms with E-state index in [9.17, 15) is 9.90 Å². The number of pyridine rings is 1. The summed E-state index contributed by atoms with van der Waals surface area (Å²) in [5.74, 6) is 0. The molecule has 2 aromatic carbocycles. The lowest BCUT2D eigenvalue weighted by atomic mass is 10.0. The van der Waals surface area contributed by atoms with E-state index in [1.165, 1.54) is 0 Å². The number of fused-ring (bicyclic) bond motifs is 1. The highest BCUT2D eigenvalue weighted by Crippen LogP contribution is 2.25. The van der Waals surface area contributed by atoms with E-state index in [0.29, 0.717) is 11.1 Å². The SMILES string of the molecule is O=c1[nH]c(-c2ccccc2)c(CO)c2ccccc12. The summed E-state index contributed by atoms with van der Waals surface area (Å²) in [5.41, 5.74) is 2.20. The molecule has 0 saturated heterocycles. The van der Waals surface area contributed by atoms with Crippen molar-refractivity contribution in [2.24, 2.45) is 0 Å². The predicted octanol–water partition coefficient (Wildman–Crippen LogP) is 2.69. The third-order valence-corrected chi connectivity index (χ3v) is 3.26. The van der Waals surface area contributed by atoms with Crippen molar-refractivity contribution in [2.75, 3.05) is 0 Å². The van der Waals surface area contributed by atoms with Crippen molar-refractivity contribution in [2.45, 2.75) is 6.61 Å². The molecule has 0 aliphatic rings. The second-order valence-corrected chi connectivity index (χ2v) is 4.38. The summed E-state index contributed by atoms with van der Waals surface area (Å²) in [4.78, 5) is 15.0. The second kappa shape index (κ2) is 4.71.